The van der Waals surface area contributed by atoms with Crippen molar-refractivity contribution in [2.45, 2.75) is 96.1 Å². The highest BCUT2D eigenvalue weighted by Gasteiger charge is 2.57. The second kappa shape index (κ2) is 9.64. The topological polar surface area (TPSA) is 126 Å². The van der Waals surface area contributed by atoms with Crippen molar-refractivity contribution in [2.24, 2.45) is 22.7 Å². The van der Waals surface area contributed by atoms with Gasteiger partial charge in [-0.1, -0.05) is 32.9 Å². The van der Waals surface area contributed by atoms with E-state index in [1.165, 1.54) is 5.57 Å². The second-order valence-corrected chi connectivity index (χ2v) is 11.4. The van der Waals surface area contributed by atoms with E-state index in [1.54, 1.807) is 0 Å². The van der Waals surface area contributed by atoms with Crippen molar-refractivity contribution in [2.75, 3.05) is 13.2 Å². The van der Waals surface area contributed by atoms with Gasteiger partial charge in [0.2, 0.25) is 0 Å². The van der Waals surface area contributed by atoms with Crippen molar-refractivity contribution in [3.05, 3.63) is 23.8 Å². The largest absolute Gasteiger partial charge is 0.458 e. The molecule has 4 aliphatic rings. The number of hydrogen-bond acceptors (Lipinski definition) is 8. The number of fused-ring (bicyclic) bond motifs is 1. The van der Waals surface area contributed by atoms with Gasteiger partial charge >= 0.3 is 5.97 Å². The quantitative estimate of drug-likeness (QED) is 0.258. The van der Waals surface area contributed by atoms with E-state index in [0.717, 1.165) is 37.7 Å². The van der Waals surface area contributed by atoms with Crippen LogP contribution in [0.3, 0.4) is 0 Å². The number of cyclic esters (lactones) is 1. The molecule has 2 aliphatic heterocycles. The van der Waals surface area contributed by atoms with Crippen molar-refractivity contribution in [3.8, 4) is 0 Å². The van der Waals surface area contributed by atoms with Gasteiger partial charge in [-0.2, -0.15) is 0 Å². The Balaban J connectivity index is 1.49. The summed E-state index contributed by atoms with van der Waals surface area (Å²) in [6.45, 7) is 11.0. The Morgan fingerprint density at radius 1 is 1.15 bits per heavy atom. The molecule has 34 heavy (non-hydrogen) atoms. The molecule has 0 bridgehead atoms. The fourth-order valence-corrected chi connectivity index (χ4v) is 7.17. The molecule has 8 nitrogen and oxygen atoms in total. The maximum Gasteiger partial charge on any atom is 0.334 e. The van der Waals surface area contributed by atoms with Crippen molar-refractivity contribution >= 4 is 5.97 Å². The first-order valence-corrected chi connectivity index (χ1v) is 12.5. The predicted molar refractivity (Wildman–Crippen MR) is 123 cm³/mol. The smallest absolute Gasteiger partial charge is 0.334 e. The van der Waals surface area contributed by atoms with Gasteiger partial charge in [-0.25, -0.2) is 4.79 Å². The molecule has 0 aromatic heterocycles. The zero-order valence-electron chi connectivity index (χ0n) is 20.5. The molecule has 2 heterocycles. The molecule has 4 N–H and O–H groups in total. The van der Waals surface area contributed by atoms with Crippen molar-refractivity contribution in [1.82, 2.24) is 0 Å². The molecule has 1 saturated heterocycles. The Labute approximate surface area is 201 Å². The monoisotopic (exact) mass is 480 g/mol. The molecule has 0 radical (unpaired) electrons. The van der Waals surface area contributed by atoms with E-state index in [1.807, 2.05) is 6.08 Å². The number of aliphatic hydroxyl groups is 4. The molecule has 0 aromatic rings. The molecule has 2 saturated carbocycles. The highest BCUT2D eigenvalue weighted by atomic mass is 16.7. The number of carbonyl (C=O) groups excluding carboxylic acids is 1. The first-order valence-electron chi connectivity index (χ1n) is 12.5. The van der Waals surface area contributed by atoms with Gasteiger partial charge < -0.3 is 34.6 Å². The zero-order chi connectivity index (χ0) is 24.8. The lowest BCUT2D eigenvalue weighted by Gasteiger charge is -2.60. The lowest BCUT2D eigenvalue weighted by Crippen LogP contribution is -2.62. The maximum atomic E-state index is 11.9. The van der Waals surface area contributed by atoms with Crippen LogP contribution in [0.5, 0.6) is 0 Å². The summed E-state index contributed by atoms with van der Waals surface area (Å²) in [6.07, 6.45) is 0.375. The molecule has 3 fully saturated rings. The van der Waals surface area contributed by atoms with E-state index in [2.05, 4.69) is 27.4 Å². The molecule has 0 unspecified atom stereocenters. The van der Waals surface area contributed by atoms with Crippen LogP contribution in [0, 0.1) is 22.7 Å². The number of esters is 1. The Morgan fingerprint density at radius 3 is 2.53 bits per heavy atom. The number of aliphatic hydroxyl groups excluding tert-OH is 4. The van der Waals surface area contributed by atoms with Gasteiger partial charge in [0.05, 0.1) is 12.7 Å². The summed E-state index contributed by atoms with van der Waals surface area (Å²) in [5, 5.41) is 40.2. The predicted octanol–water partition coefficient (Wildman–Crippen LogP) is 1.84. The third kappa shape index (κ3) is 4.38. The van der Waals surface area contributed by atoms with E-state index in [0.29, 0.717) is 18.9 Å². The molecule has 8 heteroatoms. The Kier molecular flexibility index (Phi) is 7.31. The number of rotatable bonds is 6. The molecular formula is C26H40O8. The minimum Gasteiger partial charge on any atom is -0.458 e. The van der Waals surface area contributed by atoms with Gasteiger partial charge in [0, 0.05) is 5.57 Å². The Bertz CT molecular complexity index is 820. The molecule has 4 rings (SSSR count). The summed E-state index contributed by atoms with van der Waals surface area (Å²) < 4.78 is 17.0. The van der Waals surface area contributed by atoms with E-state index < -0.39 is 37.3 Å². The highest BCUT2D eigenvalue weighted by Crippen LogP contribution is 2.62. The molecule has 192 valence electrons. The van der Waals surface area contributed by atoms with Gasteiger partial charge in [-0.15, -0.1) is 0 Å². The van der Waals surface area contributed by atoms with Crippen LogP contribution in [0.1, 0.15) is 59.3 Å². The summed E-state index contributed by atoms with van der Waals surface area (Å²) in [7, 11) is 0. The van der Waals surface area contributed by atoms with Crippen molar-refractivity contribution in [1.29, 1.82) is 0 Å². The number of hydrogen-bond donors (Lipinski definition) is 4. The summed E-state index contributed by atoms with van der Waals surface area (Å²) in [5.74, 6) is 0.400. The molecular weight excluding hydrogens is 440 g/mol. The van der Waals surface area contributed by atoms with Crippen molar-refractivity contribution in [3.63, 3.8) is 0 Å². The van der Waals surface area contributed by atoms with Crippen LogP contribution < -0.4 is 0 Å². The van der Waals surface area contributed by atoms with E-state index in [-0.39, 0.29) is 28.8 Å². The summed E-state index contributed by atoms with van der Waals surface area (Å²) in [6, 6.07) is 0. The number of carbonyl (C=O) groups is 1. The van der Waals surface area contributed by atoms with Crippen LogP contribution in [-0.2, 0) is 19.0 Å². The fraction of sp³-hybridized carbons (Fsp3) is 0.808. The normalized spacial score (nSPS) is 44.4. The van der Waals surface area contributed by atoms with Gasteiger partial charge in [0.1, 0.15) is 31.0 Å². The minimum absolute atomic E-state index is 0.00284. The molecule has 0 amide bonds. The second-order valence-electron chi connectivity index (χ2n) is 11.4. The van der Waals surface area contributed by atoms with Crippen LogP contribution in [0.15, 0.2) is 23.8 Å². The van der Waals surface area contributed by atoms with Crippen LogP contribution in [0.25, 0.3) is 0 Å². The summed E-state index contributed by atoms with van der Waals surface area (Å²) in [5.41, 5.74) is 1.75. The average molecular weight is 481 g/mol. The Morgan fingerprint density at radius 2 is 1.88 bits per heavy atom. The molecule has 9 atom stereocenters. The van der Waals surface area contributed by atoms with E-state index in [4.69, 9.17) is 14.2 Å². The highest BCUT2D eigenvalue weighted by molar-refractivity contribution is 5.90. The number of ether oxygens (including phenoxy) is 3. The Hall–Kier alpha value is -1.29. The van der Waals surface area contributed by atoms with Crippen molar-refractivity contribution < 1.29 is 39.4 Å². The first-order chi connectivity index (χ1) is 16.0. The standard InChI is InChI=1S/C26H40O8/c1-14-5-8-18-25(2,3)19(34-24-22(30)21(29)20(28)17(13-27)33-24)9-11-26(18,4)16(14)7-6-15-10-12-32-23(15)31/h10,16-22,24,27-30H,1,5-9,11-13H2,2-4H3/t16-,17-,18-,19-,20-,21+,22-,24-,26+/m1/s1. The molecule has 2 aliphatic carbocycles. The summed E-state index contributed by atoms with van der Waals surface area (Å²) in [4.78, 5) is 11.9. The van der Waals surface area contributed by atoms with Gasteiger partial charge in [0.15, 0.2) is 6.29 Å². The molecule has 0 aromatic carbocycles. The first kappa shape index (κ1) is 25.8. The fourth-order valence-electron chi connectivity index (χ4n) is 7.17. The third-order valence-electron chi connectivity index (χ3n) is 9.17. The summed E-state index contributed by atoms with van der Waals surface area (Å²) >= 11 is 0. The SMILES string of the molecule is C=C1CC[C@@H]2C(C)(C)[C@H](O[C@H]3O[C@H](CO)[C@@H](O)[C@H](O)[C@H]3O)CC[C@@]2(C)[C@@H]1CCC1=CCOC1=O. The van der Waals surface area contributed by atoms with Gasteiger partial charge in [-0.05, 0) is 67.3 Å². The zero-order valence-corrected chi connectivity index (χ0v) is 20.5. The third-order valence-corrected chi connectivity index (χ3v) is 9.17. The van der Waals surface area contributed by atoms with E-state index in [9.17, 15) is 25.2 Å². The lowest BCUT2D eigenvalue weighted by atomic mass is 9.46. The maximum absolute atomic E-state index is 11.9. The van der Waals surface area contributed by atoms with Gasteiger partial charge in [-0.3, -0.25) is 0 Å². The van der Waals surface area contributed by atoms with Crippen LogP contribution in [-0.4, -0.2) is 76.4 Å². The minimum atomic E-state index is -1.45. The average Bonchev–Trinajstić information content (AvgIpc) is 3.19. The lowest BCUT2D eigenvalue weighted by molar-refractivity contribution is -0.327. The number of allylic oxidation sites excluding steroid dienone is 1. The molecule has 0 spiro atoms. The van der Waals surface area contributed by atoms with Crippen LogP contribution >= 0.6 is 0 Å². The van der Waals surface area contributed by atoms with Crippen LogP contribution in [0.4, 0.5) is 0 Å². The van der Waals surface area contributed by atoms with E-state index >= 15 is 0 Å². The van der Waals surface area contributed by atoms with Gasteiger partial charge in [0.25, 0.3) is 0 Å². The van der Waals surface area contributed by atoms with Crippen LogP contribution in [0.2, 0.25) is 0 Å².